The first-order valence-corrected chi connectivity index (χ1v) is 9.80. The molecule has 0 aromatic carbocycles. The van der Waals surface area contributed by atoms with Crippen molar-refractivity contribution in [1.29, 1.82) is 0 Å². The molecule has 0 aliphatic carbocycles. The van der Waals surface area contributed by atoms with Crippen LogP contribution in [0.5, 0.6) is 0 Å². The summed E-state index contributed by atoms with van der Waals surface area (Å²) < 4.78 is 37.6. The summed E-state index contributed by atoms with van der Waals surface area (Å²) in [5, 5.41) is 4.00. The van der Waals surface area contributed by atoms with E-state index in [9.17, 15) is 13.2 Å². The zero-order valence-corrected chi connectivity index (χ0v) is 15.6. The fourth-order valence-corrected chi connectivity index (χ4v) is 4.49. The third-order valence-corrected chi connectivity index (χ3v) is 5.99. The van der Waals surface area contributed by atoms with Crippen LogP contribution in [0.1, 0.15) is 27.2 Å². The second-order valence-corrected chi connectivity index (χ2v) is 8.22. The molecule has 24 heavy (non-hydrogen) atoms. The van der Waals surface area contributed by atoms with E-state index in [-0.39, 0.29) is 6.04 Å². The van der Waals surface area contributed by atoms with Gasteiger partial charge in [-0.2, -0.15) is 24.9 Å². The average Bonchev–Trinajstić information content (AvgIpc) is 2.92. The lowest BCUT2D eigenvalue weighted by Gasteiger charge is -2.37. The van der Waals surface area contributed by atoms with Crippen LogP contribution < -0.4 is 5.32 Å². The Bertz CT molecular complexity index is 428. The van der Waals surface area contributed by atoms with E-state index in [1.165, 1.54) is 4.90 Å². The van der Waals surface area contributed by atoms with Crippen LogP contribution in [0, 0.1) is 5.92 Å². The number of aliphatic imine (C=N–C) groups is 1. The Morgan fingerprint density at radius 2 is 2.04 bits per heavy atom. The molecule has 2 rings (SSSR count). The van der Waals surface area contributed by atoms with Gasteiger partial charge in [0.05, 0.1) is 6.54 Å². The summed E-state index contributed by atoms with van der Waals surface area (Å²) in [7, 11) is 0. The average molecular weight is 366 g/mol. The number of hydrogen-bond donors (Lipinski definition) is 1. The SMILES string of the molecule is CCN=C(NC1CCN(CC(F)(F)F)C1)N1CCSC(C(C)C)C1. The standard InChI is InChI=1S/C16H29F3N4S/c1-4-20-15(23-7-8-24-14(10-23)12(2)3)21-13-5-6-22(9-13)11-16(17,18)19/h12-14H,4-11H2,1-3H3,(H,20,21). The van der Waals surface area contributed by atoms with E-state index in [4.69, 9.17) is 0 Å². The van der Waals surface area contributed by atoms with Gasteiger partial charge in [0.15, 0.2) is 5.96 Å². The molecule has 4 nitrogen and oxygen atoms in total. The minimum absolute atomic E-state index is 0.0460. The van der Waals surface area contributed by atoms with Crippen LogP contribution in [0.25, 0.3) is 0 Å². The largest absolute Gasteiger partial charge is 0.401 e. The molecule has 0 saturated carbocycles. The number of halogens is 3. The highest BCUT2D eigenvalue weighted by Crippen LogP contribution is 2.25. The van der Waals surface area contributed by atoms with Gasteiger partial charge in [-0.1, -0.05) is 13.8 Å². The number of thioether (sulfide) groups is 1. The summed E-state index contributed by atoms with van der Waals surface area (Å²) in [4.78, 5) is 8.34. The second-order valence-electron chi connectivity index (χ2n) is 6.88. The summed E-state index contributed by atoms with van der Waals surface area (Å²) in [6.45, 7) is 9.13. The van der Waals surface area contributed by atoms with Gasteiger partial charge in [-0.25, -0.2) is 0 Å². The van der Waals surface area contributed by atoms with Gasteiger partial charge in [-0.05, 0) is 19.3 Å². The molecule has 1 N–H and O–H groups in total. The number of nitrogens with zero attached hydrogens (tertiary/aromatic N) is 3. The van der Waals surface area contributed by atoms with Crippen molar-refractivity contribution in [2.24, 2.45) is 10.9 Å². The zero-order chi connectivity index (χ0) is 17.7. The molecule has 2 aliphatic rings. The number of nitrogens with one attached hydrogen (secondary N) is 1. The van der Waals surface area contributed by atoms with Gasteiger partial charge in [-0.3, -0.25) is 9.89 Å². The molecule has 2 atom stereocenters. The predicted octanol–water partition coefficient (Wildman–Crippen LogP) is 2.66. The lowest BCUT2D eigenvalue weighted by atomic mass is 10.1. The number of hydrogen-bond acceptors (Lipinski definition) is 3. The van der Waals surface area contributed by atoms with Crippen molar-refractivity contribution in [2.45, 2.75) is 44.7 Å². The fourth-order valence-electron chi connectivity index (χ4n) is 3.19. The van der Waals surface area contributed by atoms with Crippen molar-refractivity contribution in [3.05, 3.63) is 0 Å². The molecule has 2 heterocycles. The summed E-state index contributed by atoms with van der Waals surface area (Å²) in [5.41, 5.74) is 0. The van der Waals surface area contributed by atoms with Gasteiger partial charge in [0.1, 0.15) is 0 Å². The Morgan fingerprint density at radius 3 is 2.67 bits per heavy atom. The molecule has 0 aromatic heterocycles. The first kappa shape index (κ1) is 19.7. The highest BCUT2D eigenvalue weighted by Gasteiger charge is 2.35. The van der Waals surface area contributed by atoms with Gasteiger partial charge in [0.2, 0.25) is 0 Å². The summed E-state index contributed by atoms with van der Waals surface area (Å²) in [6.07, 6.45) is -3.39. The zero-order valence-electron chi connectivity index (χ0n) is 14.8. The van der Waals surface area contributed by atoms with Crippen LogP contribution in [0.3, 0.4) is 0 Å². The van der Waals surface area contributed by atoms with E-state index < -0.39 is 12.7 Å². The van der Waals surface area contributed by atoms with Crippen molar-refractivity contribution in [3.63, 3.8) is 0 Å². The van der Waals surface area contributed by atoms with E-state index in [2.05, 4.69) is 29.1 Å². The van der Waals surface area contributed by atoms with Crippen LogP contribution in [0.4, 0.5) is 13.2 Å². The minimum atomic E-state index is -4.12. The quantitative estimate of drug-likeness (QED) is 0.612. The maximum Gasteiger partial charge on any atom is 0.401 e. The molecule has 0 aromatic rings. The van der Waals surface area contributed by atoms with Crippen LogP contribution in [0.2, 0.25) is 0 Å². The van der Waals surface area contributed by atoms with Gasteiger partial charge in [0.25, 0.3) is 0 Å². The Hall–Kier alpha value is -0.630. The predicted molar refractivity (Wildman–Crippen MR) is 94.7 cm³/mol. The lowest BCUT2D eigenvalue weighted by Crippen LogP contribution is -2.52. The molecule has 0 spiro atoms. The Kier molecular flexibility index (Phi) is 7.10. The van der Waals surface area contributed by atoms with E-state index in [0.717, 1.165) is 31.2 Å². The van der Waals surface area contributed by atoms with Gasteiger partial charge in [0, 0.05) is 49.8 Å². The molecule has 140 valence electrons. The molecular weight excluding hydrogens is 337 g/mol. The summed E-state index contributed by atoms with van der Waals surface area (Å²) in [5.74, 6) is 2.54. The van der Waals surface area contributed by atoms with Crippen molar-refractivity contribution in [1.82, 2.24) is 15.1 Å². The number of guanidine groups is 1. The van der Waals surface area contributed by atoms with E-state index in [0.29, 0.717) is 30.8 Å². The molecule has 0 amide bonds. The Balaban J connectivity index is 1.91. The van der Waals surface area contributed by atoms with Crippen LogP contribution in [-0.2, 0) is 0 Å². The Labute approximate surface area is 147 Å². The highest BCUT2D eigenvalue weighted by atomic mass is 32.2. The van der Waals surface area contributed by atoms with Gasteiger partial charge in [-0.15, -0.1) is 0 Å². The second kappa shape index (κ2) is 8.65. The molecule has 2 fully saturated rings. The van der Waals surface area contributed by atoms with E-state index in [1.54, 1.807) is 0 Å². The van der Waals surface area contributed by atoms with Crippen LogP contribution >= 0.6 is 11.8 Å². The van der Waals surface area contributed by atoms with Crippen LogP contribution in [-0.4, -0.2) is 78.2 Å². The summed E-state index contributed by atoms with van der Waals surface area (Å²) in [6, 6.07) is 0.0460. The highest BCUT2D eigenvalue weighted by molar-refractivity contribution is 8.00. The molecule has 0 bridgehead atoms. The molecule has 2 aliphatic heterocycles. The molecule has 8 heteroatoms. The monoisotopic (exact) mass is 366 g/mol. The molecule has 2 saturated heterocycles. The maximum absolute atomic E-state index is 12.5. The van der Waals surface area contributed by atoms with Gasteiger partial charge >= 0.3 is 6.18 Å². The van der Waals surface area contributed by atoms with Gasteiger partial charge < -0.3 is 10.2 Å². The lowest BCUT2D eigenvalue weighted by molar-refractivity contribution is -0.143. The molecule has 2 unspecified atom stereocenters. The third-order valence-electron chi connectivity index (χ3n) is 4.45. The molecular formula is C16H29F3N4S. The minimum Gasteiger partial charge on any atom is -0.352 e. The van der Waals surface area contributed by atoms with Crippen molar-refractivity contribution in [3.8, 4) is 0 Å². The maximum atomic E-state index is 12.5. The van der Waals surface area contributed by atoms with E-state index in [1.807, 2.05) is 18.7 Å². The van der Waals surface area contributed by atoms with Crippen molar-refractivity contribution < 1.29 is 13.2 Å². The molecule has 0 radical (unpaired) electrons. The first-order chi connectivity index (χ1) is 11.3. The normalized spacial score (nSPS) is 27.1. The number of alkyl halides is 3. The topological polar surface area (TPSA) is 30.9 Å². The first-order valence-electron chi connectivity index (χ1n) is 8.75. The van der Waals surface area contributed by atoms with Crippen molar-refractivity contribution in [2.75, 3.05) is 45.0 Å². The summed E-state index contributed by atoms with van der Waals surface area (Å²) >= 11 is 2.00. The smallest absolute Gasteiger partial charge is 0.352 e. The third kappa shape index (κ3) is 6.02. The Morgan fingerprint density at radius 1 is 1.29 bits per heavy atom. The number of rotatable bonds is 4. The fraction of sp³-hybridized carbons (Fsp3) is 0.938. The number of likely N-dealkylation sites (tertiary alicyclic amines) is 1. The van der Waals surface area contributed by atoms with E-state index >= 15 is 0 Å². The van der Waals surface area contributed by atoms with Crippen LogP contribution in [0.15, 0.2) is 4.99 Å². The van der Waals surface area contributed by atoms with Crippen molar-refractivity contribution >= 4 is 17.7 Å².